The molecule has 0 radical (unpaired) electrons. The Morgan fingerprint density at radius 3 is 2.67 bits per heavy atom. The normalized spacial score (nSPS) is 11.2. The van der Waals surface area contributed by atoms with Gasteiger partial charge in [0, 0.05) is 21.4 Å². The Balaban J connectivity index is 2.73. The van der Waals surface area contributed by atoms with Crippen molar-refractivity contribution in [3.63, 3.8) is 0 Å². The van der Waals surface area contributed by atoms with Crippen molar-refractivity contribution >= 4 is 39.7 Å². The maximum atomic E-state index is 6.21. The molecule has 0 aliphatic heterocycles. The van der Waals surface area contributed by atoms with Crippen LogP contribution in [-0.4, -0.2) is 9.55 Å². The number of imidazole rings is 1. The van der Waals surface area contributed by atoms with E-state index in [0.717, 1.165) is 26.4 Å². The fourth-order valence-electron chi connectivity index (χ4n) is 1.86. The van der Waals surface area contributed by atoms with E-state index < -0.39 is 0 Å². The van der Waals surface area contributed by atoms with Crippen molar-refractivity contribution in [2.45, 2.75) is 26.7 Å². The average Bonchev–Trinajstić information content (AvgIpc) is 2.66. The molecule has 0 fully saturated rings. The number of aromatic nitrogens is 2. The van der Waals surface area contributed by atoms with Crippen LogP contribution < -0.4 is 0 Å². The van der Waals surface area contributed by atoms with Gasteiger partial charge in [-0.05, 0) is 58.7 Å². The summed E-state index contributed by atoms with van der Waals surface area (Å²) in [7, 11) is 0. The molecule has 0 amide bonds. The molecule has 0 saturated heterocycles. The van der Waals surface area contributed by atoms with E-state index in [1.807, 2.05) is 29.8 Å². The molecule has 5 heteroatoms. The highest BCUT2D eigenvalue weighted by atomic mass is 79.9. The first kappa shape index (κ1) is 13.8. The molecule has 0 spiro atoms. The van der Waals surface area contributed by atoms with Gasteiger partial charge in [-0.25, -0.2) is 0 Å². The molecule has 0 atom stereocenters. The highest BCUT2D eigenvalue weighted by molar-refractivity contribution is 9.10. The van der Waals surface area contributed by atoms with Crippen LogP contribution in [0.15, 0.2) is 22.8 Å². The third-order valence-electron chi connectivity index (χ3n) is 2.87. The summed E-state index contributed by atoms with van der Waals surface area (Å²) in [4.78, 5) is 3.09. The number of hydrogen-bond donors (Lipinski definition) is 1. The predicted octanol–water partition coefficient (Wildman–Crippen LogP) is 5.38. The van der Waals surface area contributed by atoms with Gasteiger partial charge < -0.3 is 4.98 Å². The number of nitrogens with zero attached hydrogens (tertiary/aromatic N) is 1. The molecule has 2 aromatic rings. The molecule has 2 rings (SSSR count). The zero-order chi connectivity index (χ0) is 13.4. The Morgan fingerprint density at radius 1 is 1.39 bits per heavy atom. The van der Waals surface area contributed by atoms with E-state index >= 15 is 0 Å². The summed E-state index contributed by atoms with van der Waals surface area (Å²) in [5, 5.41) is 0.742. The molecule has 1 N–H and O–H groups in total. The lowest BCUT2D eigenvalue weighted by Gasteiger charge is -2.14. The minimum Gasteiger partial charge on any atom is -0.337 e. The van der Waals surface area contributed by atoms with Gasteiger partial charge in [-0.1, -0.05) is 25.4 Å². The van der Waals surface area contributed by atoms with E-state index in [1.165, 1.54) is 0 Å². The fraction of sp³-hybridized carbons (Fsp3) is 0.308. The van der Waals surface area contributed by atoms with Crippen molar-refractivity contribution in [2.24, 2.45) is 0 Å². The summed E-state index contributed by atoms with van der Waals surface area (Å²) in [6.07, 6.45) is 1.95. The second kappa shape index (κ2) is 5.19. The average molecular weight is 346 g/mol. The molecule has 1 heterocycles. The molecular weight excluding hydrogens is 332 g/mol. The summed E-state index contributed by atoms with van der Waals surface area (Å²) in [6.45, 7) is 6.26. The van der Waals surface area contributed by atoms with Crippen LogP contribution in [0.25, 0.3) is 5.69 Å². The zero-order valence-electron chi connectivity index (χ0n) is 10.4. The topological polar surface area (TPSA) is 20.7 Å². The first-order valence-corrected chi connectivity index (χ1v) is 7.26. The quantitative estimate of drug-likeness (QED) is 0.724. The van der Waals surface area contributed by atoms with Crippen LogP contribution in [-0.2, 0) is 0 Å². The van der Waals surface area contributed by atoms with E-state index in [2.05, 4.69) is 34.8 Å². The van der Waals surface area contributed by atoms with E-state index in [9.17, 15) is 0 Å². The first-order valence-electron chi connectivity index (χ1n) is 5.68. The molecule has 1 aromatic carbocycles. The van der Waals surface area contributed by atoms with Gasteiger partial charge in [-0.15, -0.1) is 0 Å². The molecule has 0 bridgehead atoms. The molecule has 0 unspecified atom stereocenters. The van der Waals surface area contributed by atoms with Gasteiger partial charge in [-0.3, -0.25) is 4.57 Å². The third kappa shape index (κ3) is 2.42. The molecule has 0 aliphatic carbocycles. The predicted molar refractivity (Wildman–Crippen MR) is 82.5 cm³/mol. The van der Waals surface area contributed by atoms with Crippen LogP contribution in [0.3, 0.4) is 0 Å². The van der Waals surface area contributed by atoms with Crippen LogP contribution in [0.1, 0.15) is 31.0 Å². The smallest absolute Gasteiger partial charge is 0.182 e. The van der Waals surface area contributed by atoms with Crippen LogP contribution >= 0.6 is 39.7 Å². The summed E-state index contributed by atoms with van der Waals surface area (Å²) in [5.41, 5.74) is 3.15. The second-order valence-electron chi connectivity index (χ2n) is 4.56. The first-order chi connectivity index (χ1) is 8.41. The van der Waals surface area contributed by atoms with Crippen LogP contribution in [0, 0.1) is 11.7 Å². The van der Waals surface area contributed by atoms with Gasteiger partial charge in [0.1, 0.15) is 0 Å². The Hall–Kier alpha value is -0.580. The van der Waals surface area contributed by atoms with Crippen molar-refractivity contribution in [1.82, 2.24) is 9.55 Å². The number of nitrogens with one attached hydrogen (secondary N) is 1. The third-order valence-corrected chi connectivity index (χ3v) is 4.21. The molecule has 0 saturated carbocycles. The minimum absolute atomic E-state index is 0.380. The highest BCUT2D eigenvalue weighted by Crippen LogP contribution is 2.30. The van der Waals surface area contributed by atoms with Crippen molar-refractivity contribution in [3.8, 4) is 5.69 Å². The van der Waals surface area contributed by atoms with Gasteiger partial charge in [-0.2, -0.15) is 0 Å². The SMILES string of the molecule is Cc1cc(Br)c(-n2c(C(C)C)c[nH]c2=S)cc1Cl. The van der Waals surface area contributed by atoms with Crippen molar-refractivity contribution in [1.29, 1.82) is 0 Å². The van der Waals surface area contributed by atoms with Gasteiger partial charge in [0.05, 0.1) is 5.69 Å². The molecule has 1 aromatic heterocycles. The van der Waals surface area contributed by atoms with Gasteiger partial charge in [0.25, 0.3) is 0 Å². The lowest BCUT2D eigenvalue weighted by Crippen LogP contribution is -2.03. The largest absolute Gasteiger partial charge is 0.337 e. The Bertz CT molecular complexity index is 643. The van der Waals surface area contributed by atoms with Crippen molar-refractivity contribution in [2.75, 3.05) is 0 Å². The van der Waals surface area contributed by atoms with Gasteiger partial charge in [0.15, 0.2) is 4.77 Å². The van der Waals surface area contributed by atoms with Crippen LogP contribution in [0.5, 0.6) is 0 Å². The molecule has 0 aliphatic rings. The van der Waals surface area contributed by atoms with Crippen LogP contribution in [0.4, 0.5) is 0 Å². The molecule has 96 valence electrons. The number of hydrogen-bond acceptors (Lipinski definition) is 1. The lowest BCUT2D eigenvalue weighted by atomic mass is 10.1. The molecule has 18 heavy (non-hydrogen) atoms. The number of aryl methyl sites for hydroxylation is 1. The minimum atomic E-state index is 0.380. The number of halogens is 2. The maximum Gasteiger partial charge on any atom is 0.182 e. The standard InChI is InChI=1S/C13H14BrClN2S/c1-7(2)12-6-16-13(18)17(12)11-5-10(15)8(3)4-9(11)14/h4-7H,1-3H3,(H,16,18). The fourth-order valence-corrected chi connectivity index (χ4v) is 2.92. The highest BCUT2D eigenvalue weighted by Gasteiger charge is 2.13. The van der Waals surface area contributed by atoms with E-state index in [0.29, 0.717) is 10.7 Å². The van der Waals surface area contributed by atoms with Gasteiger partial charge >= 0.3 is 0 Å². The van der Waals surface area contributed by atoms with Crippen LogP contribution in [0.2, 0.25) is 5.02 Å². The second-order valence-corrected chi connectivity index (χ2v) is 6.21. The monoisotopic (exact) mass is 344 g/mol. The summed E-state index contributed by atoms with van der Waals surface area (Å²) in [5.74, 6) is 0.380. The lowest BCUT2D eigenvalue weighted by molar-refractivity contribution is 0.782. The number of rotatable bonds is 2. The van der Waals surface area contributed by atoms with E-state index in [1.54, 1.807) is 0 Å². The van der Waals surface area contributed by atoms with E-state index in [-0.39, 0.29) is 0 Å². The Kier molecular flexibility index (Phi) is 3.99. The Morgan fingerprint density at radius 2 is 2.06 bits per heavy atom. The zero-order valence-corrected chi connectivity index (χ0v) is 13.6. The summed E-state index contributed by atoms with van der Waals surface area (Å²) < 4.78 is 3.69. The summed E-state index contributed by atoms with van der Waals surface area (Å²) in [6, 6.07) is 3.95. The maximum absolute atomic E-state index is 6.21. The van der Waals surface area contributed by atoms with E-state index in [4.69, 9.17) is 23.8 Å². The number of H-pyrrole nitrogens is 1. The molecular formula is C13H14BrClN2S. The Labute approximate surface area is 125 Å². The summed E-state index contributed by atoms with van der Waals surface area (Å²) >= 11 is 15.1. The number of benzene rings is 1. The van der Waals surface area contributed by atoms with Crippen molar-refractivity contribution in [3.05, 3.63) is 43.9 Å². The van der Waals surface area contributed by atoms with Crippen molar-refractivity contribution < 1.29 is 0 Å². The number of aromatic amines is 1. The van der Waals surface area contributed by atoms with Gasteiger partial charge in [0.2, 0.25) is 0 Å². The molecule has 2 nitrogen and oxygen atoms in total.